The third-order valence-corrected chi connectivity index (χ3v) is 4.99. The lowest BCUT2D eigenvalue weighted by Gasteiger charge is -2.12. The molecule has 130 valence electrons. The molecule has 23 heavy (non-hydrogen) atoms. The predicted molar refractivity (Wildman–Crippen MR) is 79.7 cm³/mol. The van der Waals surface area contributed by atoms with Crippen molar-refractivity contribution in [2.45, 2.75) is 24.3 Å². The van der Waals surface area contributed by atoms with E-state index < -0.39 is 27.9 Å². The summed E-state index contributed by atoms with van der Waals surface area (Å²) < 4.78 is 35.1. The molecule has 2 N–H and O–H groups in total. The van der Waals surface area contributed by atoms with E-state index in [-0.39, 0.29) is 29.4 Å². The van der Waals surface area contributed by atoms with Crippen LogP contribution in [0.4, 0.5) is 0 Å². The third kappa shape index (κ3) is 4.53. The first-order valence-corrected chi connectivity index (χ1v) is 8.10. The van der Waals surface area contributed by atoms with E-state index in [0.29, 0.717) is 0 Å². The predicted octanol–water partition coefficient (Wildman–Crippen LogP) is 0.0578. The van der Waals surface area contributed by atoms with Gasteiger partial charge in [0.15, 0.2) is 5.76 Å². The van der Waals surface area contributed by atoms with Gasteiger partial charge in [0.25, 0.3) is 5.91 Å². The highest BCUT2D eigenvalue weighted by Gasteiger charge is 2.27. The summed E-state index contributed by atoms with van der Waals surface area (Å²) in [6, 6.07) is -0.0864. The largest absolute Gasteiger partial charge is 0.480 e. The molecule has 1 heterocycles. The van der Waals surface area contributed by atoms with Gasteiger partial charge >= 0.3 is 5.97 Å². The second-order valence-corrected chi connectivity index (χ2v) is 7.08. The number of aliphatic carboxylic acids is 1. The highest BCUT2D eigenvalue weighted by atomic mass is 32.2. The fourth-order valence-electron chi connectivity index (χ4n) is 1.75. The summed E-state index contributed by atoms with van der Waals surface area (Å²) in [4.78, 5) is 23.0. The molecule has 10 heteroatoms. The van der Waals surface area contributed by atoms with Crippen molar-refractivity contribution in [1.82, 2.24) is 9.62 Å². The monoisotopic (exact) mass is 348 g/mol. The number of nitrogens with zero attached hydrogens (tertiary/aromatic N) is 1. The summed E-state index contributed by atoms with van der Waals surface area (Å²) in [5.41, 5.74) is 0. The molecule has 1 amide bonds. The van der Waals surface area contributed by atoms with E-state index >= 15 is 0 Å². The van der Waals surface area contributed by atoms with Crippen LogP contribution in [0.15, 0.2) is 15.4 Å². The Morgan fingerprint density at radius 3 is 2.52 bits per heavy atom. The van der Waals surface area contributed by atoms with Gasteiger partial charge in [-0.15, -0.1) is 0 Å². The number of carboxylic acid groups (broad SMARTS) is 1. The Kier molecular flexibility index (Phi) is 6.30. The molecule has 1 atom stereocenters. The zero-order valence-electron chi connectivity index (χ0n) is 13.3. The minimum absolute atomic E-state index is 0.0487. The van der Waals surface area contributed by atoms with Gasteiger partial charge in [0.1, 0.15) is 16.7 Å². The summed E-state index contributed by atoms with van der Waals surface area (Å²) in [6.07, 6.45) is 0.0696. The van der Waals surface area contributed by atoms with E-state index in [2.05, 4.69) is 5.32 Å². The molecule has 0 saturated carbocycles. The van der Waals surface area contributed by atoms with Crippen LogP contribution in [0.25, 0.3) is 0 Å². The number of rotatable bonds is 8. The first-order valence-electron chi connectivity index (χ1n) is 6.66. The summed E-state index contributed by atoms with van der Waals surface area (Å²) >= 11 is 0. The van der Waals surface area contributed by atoms with Gasteiger partial charge in [-0.05, 0) is 6.92 Å². The summed E-state index contributed by atoms with van der Waals surface area (Å²) in [5.74, 6) is -2.25. The van der Waals surface area contributed by atoms with Crippen LogP contribution in [0.2, 0.25) is 0 Å². The smallest absolute Gasteiger partial charge is 0.326 e. The lowest BCUT2D eigenvalue weighted by molar-refractivity contribution is -0.139. The second-order valence-electron chi connectivity index (χ2n) is 4.96. The Labute approximate surface area is 134 Å². The molecule has 0 aliphatic heterocycles. The van der Waals surface area contributed by atoms with Gasteiger partial charge in [-0.1, -0.05) is 0 Å². The maximum atomic E-state index is 12.1. The van der Waals surface area contributed by atoms with E-state index in [1.54, 1.807) is 0 Å². The Morgan fingerprint density at radius 1 is 1.43 bits per heavy atom. The van der Waals surface area contributed by atoms with Crippen LogP contribution in [-0.4, -0.2) is 63.6 Å². The molecule has 0 aromatic carbocycles. The summed E-state index contributed by atoms with van der Waals surface area (Å²) in [5, 5.41) is 11.3. The van der Waals surface area contributed by atoms with Gasteiger partial charge < -0.3 is 19.6 Å². The zero-order valence-corrected chi connectivity index (χ0v) is 14.1. The number of nitrogens with one attached hydrogen (secondary N) is 1. The molecule has 0 fully saturated rings. The Bertz CT molecular complexity index is 678. The fraction of sp³-hybridized carbons (Fsp3) is 0.538. The van der Waals surface area contributed by atoms with E-state index in [9.17, 15) is 18.0 Å². The Morgan fingerprint density at radius 2 is 2.04 bits per heavy atom. The molecule has 1 unspecified atom stereocenters. The first kappa shape index (κ1) is 19.1. The van der Waals surface area contributed by atoms with Crippen LogP contribution in [0.3, 0.4) is 0 Å². The van der Waals surface area contributed by atoms with Crippen molar-refractivity contribution >= 4 is 21.9 Å². The molecule has 1 rings (SSSR count). The lowest BCUT2D eigenvalue weighted by atomic mass is 10.2. The van der Waals surface area contributed by atoms with Crippen molar-refractivity contribution < 1.29 is 32.3 Å². The molecular formula is C13H20N2O7S. The number of carbonyl (C=O) groups is 2. The quantitative estimate of drug-likeness (QED) is 0.680. The van der Waals surface area contributed by atoms with Crippen LogP contribution in [0, 0.1) is 6.92 Å². The van der Waals surface area contributed by atoms with Crippen molar-refractivity contribution in [1.29, 1.82) is 0 Å². The zero-order chi connectivity index (χ0) is 17.8. The van der Waals surface area contributed by atoms with Crippen LogP contribution >= 0.6 is 0 Å². The van der Waals surface area contributed by atoms with Gasteiger partial charge in [0, 0.05) is 40.3 Å². The molecule has 0 saturated heterocycles. The Balaban J connectivity index is 3.00. The summed E-state index contributed by atoms with van der Waals surface area (Å²) in [7, 11) is 0.364. The number of carboxylic acids is 1. The van der Waals surface area contributed by atoms with E-state index in [1.165, 1.54) is 28.1 Å². The highest BCUT2D eigenvalue weighted by molar-refractivity contribution is 7.89. The van der Waals surface area contributed by atoms with Gasteiger partial charge in [-0.25, -0.2) is 17.5 Å². The highest BCUT2D eigenvalue weighted by Crippen LogP contribution is 2.22. The van der Waals surface area contributed by atoms with Gasteiger partial charge in [0.2, 0.25) is 10.0 Å². The maximum Gasteiger partial charge on any atom is 0.326 e. The molecule has 0 aliphatic carbocycles. The van der Waals surface area contributed by atoms with Crippen molar-refractivity contribution in [3.8, 4) is 0 Å². The molecule has 0 bridgehead atoms. The number of amides is 1. The number of aryl methyl sites for hydroxylation is 1. The number of hydrogen-bond acceptors (Lipinski definition) is 6. The number of ether oxygens (including phenoxy) is 1. The van der Waals surface area contributed by atoms with Crippen molar-refractivity contribution in [3.63, 3.8) is 0 Å². The van der Waals surface area contributed by atoms with Crippen LogP contribution in [0.1, 0.15) is 22.7 Å². The maximum absolute atomic E-state index is 12.1. The SMILES string of the molecule is COCCC(NC(=O)c1cc(S(=O)(=O)N(C)C)c(C)o1)C(=O)O. The lowest BCUT2D eigenvalue weighted by Crippen LogP contribution is -2.41. The number of furan rings is 1. The molecule has 0 radical (unpaired) electrons. The van der Waals surface area contributed by atoms with E-state index in [0.717, 1.165) is 10.4 Å². The number of sulfonamides is 1. The molecular weight excluding hydrogens is 328 g/mol. The van der Waals surface area contributed by atoms with Crippen LogP contribution < -0.4 is 5.32 Å². The van der Waals surface area contributed by atoms with Gasteiger partial charge in [-0.2, -0.15) is 0 Å². The van der Waals surface area contributed by atoms with Crippen LogP contribution in [0.5, 0.6) is 0 Å². The number of methoxy groups -OCH3 is 1. The molecule has 1 aromatic rings. The van der Waals surface area contributed by atoms with E-state index in [1.807, 2.05) is 0 Å². The molecule has 9 nitrogen and oxygen atoms in total. The van der Waals surface area contributed by atoms with Gasteiger partial charge in [0.05, 0.1) is 0 Å². The van der Waals surface area contributed by atoms with Crippen LogP contribution in [-0.2, 0) is 19.6 Å². The summed E-state index contributed by atoms with van der Waals surface area (Å²) in [6.45, 7) is 1.56. The van der Waals surface area contributed by atoms with Crippen molar-refractivity contribution in [2.24, 2.45) is 0 Å². The molecule has 0 spiro atoms. The van der Waals surface area contributed by atoms with Gasteiger partial charge in [-0.3, -0.25) is 4.79 Å². The minimum atomic E-state index is -3.76. The standard InChI is InChI=1S/C13H20N2O7S/c1-8-11(23(19,20)15(2)3)7-10(22-8)12(16)14-9(13(17)18)5-6-21-4/h7,9H,5-6H2,1-4H3,(H,14,16)(H,17,18). The topological polar surface area (TPSA) is 126 Å². The second kappa shape index (κ2) is 7.57. The van der Waals surface area contributed by atoms with Crippen molar-refractivity contribution in [2.75, 3.05) is 27.8 Å². The first-order chi connectivity index (χ1) is 10.6. The number of hydrogen-bond donors (Lipinski definition) is 2. The fourth-order valence-corrected chi connectivity index (χ4v) is 2.81. The average molecular weight is 348 g/mol. The Hall–Kier alpha value is -1.91. The van der Waals surface area contributed by atoms with E-state index in [4.69, 9.17) is 14.3 Å². The molecule has 0 aliphatic rings. The average Bonchev–Trinajstić information content (AvgIpc) is 2.85. The minimum Gasteiger partial charge on any atom is -0.480 e. The van der Waals surface area contributed by atoms with Crippen molar-refractivity contribution in [3.05, 3.63) is 17.6 Å². The normalized spacial score (nSPS) is 13.1. The third-order valence-electron chi connectivity index (χ3n) is 3.07. The number of carbonyl (C=O) groups excluding carboxylic acids is 1. The molecule has 1 aromatic heterocycles.